The van der Waals surface area contributed by atoms with Gasteiger partial charge in [0.05, 0.1) is 12.8 Å². The topological polar surface area (TPSA) is 75.5 Å². The van der Waals surface area contributed by atoms with E-state index in [0.29, 0.717) is 11.7 Å². The molecule has 2 rings (SSSR count). The minimum absolute atomic E-state index is 0.184. The van der Waals surface area contributed by atoms with Crippen molar-refractivity contribution in [1.29, 1.82) is 0 Å². The molecule has 0 aliphatic carbocycles. The smallest absolute Gasteiger partial charge is 0.339 e. The molecule has 1 N–H and O–H groups in total. The second-order valence-corrected chi connectivity index (χ2v) is 4.54. The van der Waals surface area contributed by atoms with E-state index in [1.165, 1.54) is 12.3 Å². The summed E-state index contributed by atoms with van der Waals surface area (Å²) in [6, 6.07) is 1.47. The third-order valence-corrected chi connectivity index (χ3v) is 3.08. The Morgan fingerprint density at radius 3 is 3.17 bits per heavy atom. The van der Waals surface area contributed by atoms with Crippen molar-refractivity contribution < 1.29 is 14.6 Å². The molecule has 0 radical (unpaired) electrons. The lowest BCUT2D eigenvalue weighted by Crippen LogP contribution is -2.32. The van der Waals surface area contributed by atoms with Crippen LogP contribution >= 0.6 is 0 Å². The molecule has 0 amide bonds. The quantitative estimate of drug-likeness (QED) is 0.861. The largest absolute Gasteiger partial charge is 0.478 e. The van der Waals surface area contributed by atoms with Crippen molar-refractivity contribution in [3.05, 3.63) is 17.8 Å². The lowest BCUT2D eigenvalue weighted by atomic mass is 10.0. The summed E-state index contributed by atoms with van der Waals surface area (Å²) in [4.78, 5) is 12.9. The molecule has 1 unspecified atom stereocenters. The number of ether oxygens (including phenoxy) is 1. The minimum atomic E-state index is -0.980. The van der Waals surface area contributed by atoms with Crippen LogP contribution in [0.3, 0.4) is 0 Å². The average Bonchev–Trinajstić information content (AvgIpc) is 2.40. The van der Waals surface area contributed by atoms with Gasteiger partial charge in [0.2, 0.25) is 0 Å². The fraction of sp³-hybridized carbons (Fsp3) is 0.583. The Hall–Kier alpha value is -1.69. The van der Waals surface area contributed by atoms with Crippen LogP contribution in [0.5, 0.6) is 0 Å². The van der Waals surface area contributed by atoms with E-state index >= 15 is 0 Å². The van der Waals surface area contributed by atoms with Crippen molar-refractivity contribution in [2.45, 2.75) is 12.8 Å². The molecule has 0 aromatic carbocycles. The molecule has 1 aromatic rings. The summed E-state index contributed by atoms with van der Waals surface area (Å²) in [5, 5.41) is 16.8. The van der Waals surface area contributed by atoms with E-state index in [9.17, 15) is 4.79 Å². The van der Waals surface area contributed by atoms with Crippen LogP contribution in [0.15, 0.2) is 12.3 Å². The summed E-state index contributed by atoms with van der Waals surface area (Å²) in [6.07, 6.45) is 3.56. The van der Waals surface area contributed by atoms with Gasteiger partial charge >= 0.3 is 5.97 Å². The zero-order chi connectivity index (χ0) is 13.0. The van der Waals surface area contributed by atoms with Crippen molar-refractivity contribution in [1.82, 2.24) is 10.2 Å². The number of carboxylic acids is 1. The maximum atomic E-state index is 11.1. The Bertz CT molecular complexity index is 419. The Kier molecular flexibility index (Phi) is 4.09. The van der Waals surface area contributed by atoms with Crippen LogP contribution in [0.2, 0.25) is 0 Å². The molecule has 2 heterocycles. The molecule has 1 aromatic heterocycles. The first-order valence-corrected chi connectivity index (χ1v) is 6.02. The molecular formula is C12H17N3O3. The lowest BCUT2D eigenvalue weighted by molar-refractivity contribution is 0.0575. The molecule has 1 saturated heterocycles. The SMILES string of the molecule is CN(CC1CCCOC1)c1nnccc1C(=O)O. The zero-order valence-corrected chi connectivity index (χ0v) is 10.4. The van der Waals surface area contributed by atoms with Gasteiger partial charge in [0, 0.05) is 20.2 Å². The molecule has 98 valence electrons. The first-order valence-electron chi connectivity index (χ1n) is 6.02. The van der Waals surface area contributed by atoms with Gasteiger partial charge in [-0.05, 0) is 24.8 Å². The highest BCUT2D eigenvalue weighted by atomic mass is 16.5. The number of rotatable bonds is 4. The predicted octanol–water partition coefficient (Wildman–Crippen LogP) is 1.04. The Morgan fingerprint density at radius 1 is 1.67 bits per heavy atom. The highest BCUT2D eigenvalue weighted by Crippen LogP contribution is 2.19. The molecule has 6 heteroatoms. The monoisotopic (exact) mass is 251 g/mol. The maximum absolute atomic E-state index is 11.1. The van der Waals surface area contributed by atoms with E-state index in [2.05, 4.69) is 10.2 Å². The number of carboxylic acid groups (broad SMARTS) is 1. The van der Waals surface area contributed by atoms with Crippen molar-refractivity contribution in [2.24, 2.45) is 5.92 Å². The minimum Gasteiger partial charge on any atom is -0.478 e. The molecule has 1 aliphatic rings. The van der Waals surface area contributed by atoms with E-state index in [0.717, 1.165) is 32.6 Å². The fourth-order valence-corrected chi connectivity index (χ4v) is 2.20. The number of anilines is 1. The second-order valence-electron chi connectivity index (χ2n) is 4.54. The number of aromatic carboxylic acids is 1. The number of hydrogen-bond acceptors (Lipinski definition) is 5. The van der Waals surface area contributed by atoms with Gasteiger partial charge in [0.1, 0.15) is 5.56 Å². The highest BCUT2D eigenvalue weighted by molar-refractivity contribution is 5.93. The summed E-state index contributed by atoms with van der Waals surface area (Å²) in [7, 11) is 1.84. The van der Waals surface area contributed by atoms with Crippen LogP contribution in [0.25, 0.3) is 0 Å². The molecule has 6 nitrogen and oxygen atoms in total. The number of carbonyl (C=O) groups is 1. The van der Waals surface area contributed by atoms with Crippen molar-refractivity contribution in [3.63, 3.8) is 0 Å². The molecule has 0 spiro atoms. The number of hydrogen-bond donors (Lipinski definition) is 1. The van der Waals surface area contributed by atoms with Crippen LogP contribution in [0.4, 0.5) is 5.82 Å². The van der Waals surface area contributed by atoms with Crippen LogP contribution < -0.4 is 4.90 Å². The van der Waals surface area contributed by atoms with Crippen molar-refractivity contribution in [3.8, 4) is 0 Å². The molecule has 1 atom stereocenters. The highest BCUT2D eigenvalue weighted by Gasteiger charge is 2.20. The van der Waals surface area contributed by atoms with Crippen molar-refractivity contribution in [2.75, 3.05) is 31.7 Å². The zero-order valence-electron chi connectivity index (χ0n) is 10.4. The first-order chi connectivity index (χ1) is 8.68. The third-order valence-electron chi connectivity index (χ3n) is 3.08. The van der Waals surface area contributed by atoms with Gasteiger partial charge in [-0.2, -0.15) is 5.10 Å². The van der Waals surface area contributed by atoms with Gasteiger partial charge < -0.3 is 14.7 Å². The fourth-order valence-electron chi connectivity index (χ4n) is 2.20. The summed E-state index contributed by atoms with van der Waals surface area (Å²) >= 11 is 0. The number of aromatic nitrogens is 2. The first kappa shape index (κ1) is 12.8. The summed E-state index contributed by atoms with van der Waals surface area (Å²) in [6.45, 7) is 2.29. The van der Waals surface area contributed by atoms with Crippen LogP contribution in [0.1, 0.15) is 23.2 Å². The van der Waals surface area contributed by atoms with Gasteiger partial charge in [-0.1, -0.05) is 0 Å². The Balaban J connectivity index is 2.08. The van der Waals surface area contributed by atoms with Crippen molar-refractivity contribution >= 4 is 11.8 Å². The van der Waals surface area contributed by atoms with E-state index in [1.54, 1.807) is 0 Å². The van der Waals surface area contributed by atoms with E-state index < -0.39 is 5.97 Å². The van der Waals surface area contributed by atoms with Crippen LogP contribution in [-0.4, -0.2) is 48.1 Å². The van der Waals surface area contributed by atoms with Gasteiger partial charge in [0.25, 0.3) is 0 Å². The van der Waals surface area contributed by atoms with E-state index in [4.69, 9.17) is 9.84 Å². The normalized spacial score (nSPS) is 19.5. The maximum Gasteiger partial charge on any atom is 0.339 e. The van der Waals surface area contributed by atoms with E-state index in [1.807, 2.05) is 11.9 Å². The van der Waals surface area contributed by atoms with Crippen LogP contribution in [0, 0.1) is 5.92 Å². The molecular weight excluding hydrogens is 234 g/mol. The van der Waals surface area contributed by atoms with Crippen LogP contribution in [-0.2, 0) is 4.74 Å². The summed E-state index contributed by atoms with van der Waals surface area (Å²) in [5.74, 6) is -0.144. The summed E-state index contributed by atoms with van der Waals surface area (Å²) in [5.41, 5.74) is 0.184. The van der Waals surface area contributed by atoms with Gasteiger partial charge in [0.15, 0.2) is 5.82 Å². The Morgan fingerprint density at radius 2 is 2.50 bits per heavy atom. The van der Waals surface area contributed by atoms with Gasteiger partial charge in [-0.25, -0.2) is 4.79 Å². The lowest BCUT2D eigenvalue weighted by Gasteiger charge is -2.27. The standard InChI is InChI=1S/C12H17N3O3/c1-15(7-9-3-2-6-18-8-9)11-10(12(16)17)4-5-13-14-11/h4-5,9H,2-3,6-8H2,1H3,(H,16,17). The third kappa shape index (κ3) is 2.95. The molecule has 0 bridgehead atoms. The predicted molar refractivity (Wildman–Crippen MR) is 65.8 cm³/mol. The molecule has 1 aliphatic heterocycles. The van der Waals surface area contributed by atoms with Gasteiger partial charge in [-0.15, -0.1) is 5.10 Å². The molecule has 1 fully saturated rings. The molecule has 18 heavy (non-hydrogen) atoms. The second kappa shape index (κ2) is 5.77. The molecule has 0 saturated carbocycles. The van der Waals surface area contributed by atoms with E-state index in [-0.39, 0.29) is 5.56 Å². The number of nitrogens with zero attached hydrogens (tertiary/aromatic N) is 3. The average molecular weight is 251 g/mol. The van der Waals surface area contributed by atoms with Gasteiger partial charge in [-0.3, -0.25) is 0 Å². The Labute approximate surface area is 106 Å². The summed E-state index contributed by atoms with van der Waals surface area (Å²) < 4.78 is 5.42.